The highest BCUT2D eigenvalue weighted by Gasteiger charge is 2.23. The molecule has 2 aliphatic rings. The summed E-state index contributed by atoms with van der Waals surface area (Å²) < 4.78 is 12.5. The Bertz CT molecular complexity index is 560. The fourth-order valence-electron chi connectivity index (χ4n) is 3.78. The van der Waals surface area contributed by atoms with Crippen LogP contribution in [0.25, 0.3) is 0 Å². The summed E-state index contributed by atoms with van der Waals surface area (Å²) in [6.07, 6.45) is 10.3. The number of hydrogen-bond donors (Lipinski definition) is 1. The van der Waals surface area contributed by atoms with E-state index in [9.17, 15) is 9.00 Å². The van der Waals surface area contributed by atoms with Crippen LogP contribution in [0.2, 0.25) is 0 Å². The van der Waals surface area contributed by atoms with E-state index in [1.807, 2.05) is 24.3 Å². The van der Waals surface area contributed by atoms with Gasteiger partial charge in [-0.1, -0.05) is 44.2 Å². The molecule has 0 spiro atoms. The maximum absolute atomic E-state index is 12.5. The third kappa shape index (κ3) is 4.66. The normalized spacial score (nSPS) is 21.2. The van der Waals surface area contributed by atoms with Crippen LogP contribution in [0.4, 0.5) is 5.69 Å². The van der Waals surface area contributed by atoms with E-state index in [1.165, 1.54) is 32.1 Å². The predicted molar refractivity (Wildman–Crippen MR) is 95.7 cm³/mol. The number of nitrogens with one attached hydrogen (secondary N) is 1. The molecular weight excluding hydrogens is 306 g/mol. The van der Waals surface area contributed by atoms with Gasteiger partial charge < -0.3 is 5.32 Å². The highest BCUT2D eigenvalue weighted by molar-refractivity contribution is 7.84. The number of rotatable bonds is 5. The summed E-state index contributed by atoms with van der Waals surface area (Å²) in [5, 5.41) is 3.40. The van der Waals surface area contributed by atoms with E-state index >= 15 is 0 Å². The SMILES string of the molecule is O=C(Nc1cccc(CS(=O)C2CCCCC2)c1)C1CCCC1. The lowest BCUT2D eigenvalue weighted by molar-refractivity contribution is -0.119. The maximum atomic E-state index is 12.5. The van der Waals surface area contributed by atoms with Gasteiger partial charge in [0.15, 0.2) is 0 Å². The number of anilines is 1. The van der Waals surface area contributed by atoms with Gasteiger partial charge in [-0.05, 0) is 43.4 Å². The van der Waals surface area contributed by atoms with Crippen molar-refractivity contribution < 1.29 is 9.00 Å². The van der Waals surface area contributed by atoms with Crippen molar-refractivity contribution in [2.24, 2.45) is 5.92 Å². The first kappa shape index (κ1) is 16.7. The zero-order valence-corrected chi connectivity index (χ0v) is 14.6. The Morgan fingerprint density at radius 3 is 2.48 bits per heavy atom. The average Bonchev–Trinajstić information content (AvgIpc) is 3.10. The monoisotopic (exact) mass is 333 g/mol. The molecule has 1 aromatic rings. The van der Waals surface area contributed by atoms with Gasteiger partial charge in [-0.15, -0.1) is 0 Å². The smallest absolute Gasteiger partial charge is 0.227 e. The Hall–Kier alpha value is -1.16. The lowest BCUT2D eigenvalue weighted by atomic mass is 10.0. The molecule has 23 heavy (non-hydrogen) atoms. The quantitative estimate of drug-likeness (QED) is 0.868. The van der Waals surface area contributed by atoms with Crippen LogP contribution in [0.5, 0.6) is 0 Å². The summed E-state index contributed by atoms with van der Waals surface area (Å²) in [5.41, 5.74) is 1.91. The number of benzene rings is 1. The molecule has 1 amide bonds. The van der Waals surface area contributed by atoms with Gasteiger partial charge in [0.05, 0.1) is 0 Å². The first-order valence-electron chi connectivity index (χ1n) is 8.99. The summed E-state index contributed by atoms with van der Waals surface area (Å²) in [5.74, 6) is 0.931. The molecule has 0 aromatic heterocycles. The Balaban J connectivity index is 1.58. The fourth-order valence-corrected chi connectivity index (χ4v) is 5.38. The number of amides is 1. The van der Waals surface area contributed by atoms with Gasteiger partial charge in [0.1, 0.15) is 0 Å². The van der Waals surface area contributed by atoms with Gasteiger partial charge in [-0.25, -0.2) is 0 Å². The minimum Gasteiger partial charge on any atom is -0.326 e. The summed E-state index contributed by atoms with van der Waals surface area (Å²) in [6.45, 7) is 0. The van der Waals surface area contributed by atoms with Gasteiger partial charge >= 0.3 is 0 Å². The molecule has 0 heterocycles. The van der Waals surface area contributed by atoms with Crippen molar-refractivity contribution >= 4 is 22.4 Å². The Labute approximate surface area is 141 Å². The zero-order chi connectivity index (χ0) is 16.1. The first-order chi connectivity index (χ1) is 11.2. The maximum Gasteiger partial charge on any atom is 0.227 e. The van der Waals surface area contributed by atoms with E-state index in [4.69, 9.17) is 0 Å². The fraction of sp³-hybridized carbons (Fsp3) is 0.632. The van der Waals surface area contributed by atoms with Gasteiger partial charge in [0.2, 0.25) is 5.91 Å². The lowest BCUT2D eigenvalue weighted by Gasteiger charge is -2.21. The van der Waals surface area contributed by atoms with Crippen LogP contribution in [0.1, 0.15) is 63.4 Å². The minimum atomic E-state index is -0.793. The second kappa shape index (κ2) is 8.09. The molecule has 0 aliphatic heterocycles. The van der Waals surface area contributed by atoms with Crippen LogP contribution in [-0.4, -0.2) is 15.4 Å². The second-order valence-corrected chi connectivity index (χ2v) is 8.67. The van der Waals surface area contributed by atoms with Crippen molar-refractivity contribution in [2.45, 2.75) is 68.8 Å². The van der Waals surface area contributed by atoms with Gasteiger partial charge in [0.25, 0.3) is 0 Å². The number of carbonyl (C=O) groups is 1. The molecule has 3 nitrogen and oxygen atoms in total. The molecule has 0 saturated heterocycles. The van der Waals surface area contributed by atoms with Crippen molar-refractivity contribution in [3.63, 3.8) is 0 Å². The van der Waals surface area contributed by atoms with Crippen molar-refractivity contribution in [1.29, 1.82) is 0 Å². The predicted octanol–water partition coefficient (Wildman–Crippen LogP) is 4.40. The molecule has 2 aliphatic carbocycles. The summed E-state index contributed by atoms with van der Waals surface area (Å²) in [7, 11) is -0.793. The highest BCUT2D eigenvalue weighted by atomic mass is 32.2. The lowest BCUT2D eigenvalue weighted by Crippen LogP contribution is -2.21. The van der Waals surface area contributed by atoms with Gasteiger partial charge in [-0.3, -0.25) is 9.00 Å². The van der Waals surface area contributed by atoms with E-state index in [0.29, 0.717) is 11.0 Å². The third-order valence-corrected chi connectivity index (χ3v) is 6.99. The van der Waals surface area contributed by atoms with Crippen molar-refractivity contribution in [3.05, 3.63) is 29.8 Å². The van der Waals surface area contributed by atoms with Crippen LogP contribution >= 0.6 is 0 Å². The molecule has 1 aromatic carbocycles. The van der Waals surface area contributed by atoms with E-state index in [1.54, 1.807) is 0 Å². The standard InChI is InChI=1S/C19H27NO2S/c21-19(16-8-4-5-9-16)20-17-10-6-7-15(13-17)14-23(22)18-11-2-1-3-12-18/h6-7,10,13,16,18H,1-5,8-9,11-12,14H2,(H,20,21). The van der Waals surface area contributed by atoms with E-state index < -0.39 is 10.8 Å². The Morgan fingerprint density at radius 2 is 1.74 bits per heavy atom. The molecule has 0 bridgehead atoms. The average molecular weight is 333 g/mol. The van der Waals surface area contributed by atoms with E-state index in [-0.39, 0.29) is 11.8 Å². The molecular formula is C19H27NO2S. The second-order valence-electron chi connectivity index (χ2n) is 6.96. The molecule has 2 fully saturated rings. The van der Waals surface area contributed by atoms with Crippen LogP contribution in [0.3, 0.4) is 0 Å². The molecule has 1 N–H and O–H groups in total. The van der Waals surface area contributed by atoms with Crippen LogP contribution in [0, 0.1) is 5.92 Å². The third-order valence-electron chi connectivity index (χ3n) is 5.15. The van der Waals surface area contributed by atoms with Crippen LogP contribution in [-0.2, 0) is 21.3 Å². The van der Waals surface area contributed by atoms with Crippen molar-refractivity contribution in [2.75, 3.05) is 5.32 Å². The number of hydrogen-bond acceptors (Lipinski definition) is 2. The largest absolute Gasteiger partial charge is 0.326 e. The number of carbonyl (C=O) groups excluding carboxylic acids is 1. The minimum absolute atomic E-state index is 0.146. The van der Waals surface area contributed by atoms with Crippen molar-refractivity contribution in [3.8, 4) is 0 Å². The summed E-state index contributed by atoms with van der Waals surface area (Å²) in [6, 6.07) is 7.90. The zero-order valence-electron chi connectivity index (χ0n) is 13.8. The molecule has 0 radical (unpaired) electrons. The first-order valence-corrected chi connectivity index (χ1v) is 10.4. The van der Waals surface area contributed by atoms with Crippen molar-refractivity contribution in [1.82, 2.24) is 0 Å². The topological polar surface area (TPSA) is 46.2 Å². The molecule has 4 heteroatoms. The van der Waals surface area contributed by atoms with Crippen LogP contribution < -0.4 is 5.32 Å². The molecule has 3 rings (SSSR count). The van der Waals surface area contributed by atoms with Gasteiger partial charge in [-0.2, -0.15) is 0 Å². The molecule has 126 valence electrons. The van der Waals surface area contributed by atoms with Crippen LogP contribution in [0.15, 0.2) is 24.3 Å². The summed E-state index contributed by atoms with van der Waals surface area (Å²) in [4.78, 5) is 12.2. The molecule has 2 saturated carbocycles. The Kier molecular flexibility index (Phi) is 5.87. The highest BCUT2D eigenvalue weighted by Crippen LogP contribution is 2.27. The Morgan fingerprint density at radius 1 is 1.04 bits per heavy atom. The molecule has 1 unspecified atom stereocenters. The summed E-state index contributed by atoms with van der Waals surface area (Å²) >= 11 is 0. The van der Waals surface area contributed by atoms with Gasteiger partial charge in [0, 0.05) is 33.4 Å². The van der Waals surface area contributed by atoms with E-state index in [2.05, 4.69) is 5.32 Å². The van der Waals surface area contributed by atoms with E-state index in [0.717, 1.165) is 36.9 Å². The molecule has 1 atom stereocenters.